The maximum atomic E-state index is 10.7. The molecule has 0 saturated heterocycles. The van der Waals surface area contributed by atoms with Crippen molar-refractivity contribution in [1.29, 1.82) is 0 Å². The van der Waals surface area contributed by atoms with Crippen LogP contribution in [0.2, 0.25) is 0 Å². The molecule has 4 nitrogen and oxygen atoms in total. The molecule has 0 unspecified atom stereocenters. The molecule has 0 radical (unpaired) electrons. The molecule has 2 aromatic heterocycles. The number of aryl methyl sites for hydroxylation is 1. The Kier molecular flexibility index (Phi) is 2.62. The minimum atomic E-state index is -1.10. The molecule has 2 aromatic rings. The first-order valence-electron chi connectivity index (χ1n) is 4.04. The Morgan fingerprint density at radius 3 is 2.80 bits per heavy atom. The highest BCUT2D eigenvalue weighted by molar-refractivity contribution is 9.11. The lowest BCUT2D eigenvalue weighted by Crippen LogP contribution is -1.95. The van der Waals surface area contributed by atoms with Gasteiger partial charge < -0.3 is 9.52 Å². The molecule has 0 saturated carbocycles. The van der Waals surface area contributed by atoms with E-state index in [1.54, 1.807) is 6.92 Å². The van der Waals surface area contributed by atoms with Crippen molar-refractivity contribution in [1.82, 2.24) is 4.98 Å². The summed E-state index contributed by atoms with van der Waals surface area (Å²) < 4.78 is 6.10. The predicted molar refractivity (Wildman–Crippen MR) is 59.2 cm³/mol. The number of carboxylic acids is 1. The average Bonchev–Trinajstić information content (AvgIpc) is 2.71. The number of halogens is 1. The zero-order valence-corrected chi connectivity index (χ0v) is 10.1. The van der Waals surface area contributed by atoms with Crippen LogP contribution in [-0.2, 0) is 0 Å². The van der Waals surface area contributed by atoms with Crippen LogP contribution < -0.4 is 0 Å². The van der Waals surface area contributed by atoms with Crippen LogP contribution in [0.3, 0.4) is 0 Å². The van der Waals surface area contributed by atoms with Crippen molar-refractivity contribution in [3.05, 3.63) is 27.4 Å². The number of hydrogen-bond donors (Lipinski definition) is 1. The quantitative estimate of drug-likeness (QED) is 0.921. The molecule has 0 aliphatic rings. The molecule has 2 heterocycles. The molecule has 0 bridgehead atoms. The lowest BCUT2D eigenvalue weighted by molar-refractivity contribution is 0.0662. The monoisotopic (exact) mass is 287 g/mol. The average molecular weight is 288 g/mol. The van der Waals surface area contributed by atoms with Gasteiger partial charge in [0.15, 0.2) is 0 Å². The second kappa shape index (κ2) is 3.79. The number of carboxylic acid groups (broad SMARTS) is 1. The minimum absolute atomic E-state index is 0.102. The first-order valence-corrected chi connectivity index (χ1v) is 5.65. The Hall–Kier alpha value is -1.14. The number of aromatic nitrogens is 1. The van der Waals surface area contributed by atoms with Crippen LogP contribution in [-0.4, -0.2) is 16.1 Å². The molecule has 0 spiro atoms. The number of carbonyl (C=O) groups is 1. The maximum absolute atomic E-state index is 10.7. The van der Waals surface area contributed by atoms with Crippen LogP contribution in [0.1, 0.15) is 16.2 Å². The second-order valence-electron chi connectivity index (χ2n) is 2.84. The molecule has 0 aliphatic carbocycles. The third kappa shape index (κ3) is 1.95. The molecule has 0 aliphatic heterocycles. The number of nitrogens with zero attached hydrogens (tertiary/aromatic N) is 1. The summed E-state index contributed by atoms with van der Waals surface area (Å²) in [7, 11) is 0. The number of thiophene rings is 1. The van der Waals surface area contributed by atoms with Crippen molar-refractivity contribution in [2.45, 2.75) is 6.92 Å². The summed E-state index contributed by atoms with van der Waals surface area (Å²) in [6.45, 7) is 1.61. The Morgan fingerprint density at radius 2 is 2.33 bits per heavy atom. The van der Waals surface area contributed by atoms with Gasteiger partial charge in [0.05, 0.1) is 14.4 Å². The third-order valence-electron chi connectivity index (χ3n) is 1.77. The van der Waals surface area contributed by atoms with E-state index in [4.69, 9.17) is 9.52 Å². The minimum Gasteiger partial charge on any atom is -0.475 e. The van der Waals surface area contributed by atoms with E-state index in [-0.39, 0.29) is 5.76 Å². The molecule has 15 heavy (non-hydrogen) atoms. The van der Waals surface area contributed by atoms with Crippen LogP contribution >= 0.6 is 27.3 Å². The van der Waals surface area contributed by atoms with Gasteiger partial charge in [-0.2, -0.15) is 0 Å². The van der Waals surface area contributed by atoms with Gasteiger partial charge in [0.1, 0.15) is 0 Å². The summed E-state index contributed by atoms with van der Waals surface area (Å²) in [5.74, 6) is -0.850. The SMILES string of the molecule is Cc1nc(-c2ccc(Br)s2)oc1C(=O)O. The lowest BCUT2D eigenvalue weighted by Gasteiger charge is -1.86. The summed E-state index contributed by atoms with van der Waals surface area (Å²) in [5.41, 5.74) is 0.391. The molecular weight excluding hydrogens is 282 g/mol. The molecule has 0 amide bonds. The number of oxazole rings is 1. The van der Waals surface area contributed by atoms with Crippen molar-refractivity contribution in [3.63, 3.8) is 0 Å². The lowest BCUT2D eigenvalue weighted by atomic mass is 10.4. The Labute approximate surface area is 97.7 Å². The largest absolute Gasteiger partial charge is 0.475 e. The van der Waals surface area contributed by atoms with Crippen LogP contribution in [0.25, 0.3) is 10.8 Å². The van der Waals surface area contributed by atoms with Crippen LogP contribution in [0, 0.1) is 6.92 Å². The topological polar surface area (TPSA) is 63.3 Å². The molecule has 1 N–H and O–H groups in total. The van der Waals surface area contributed by atoms with E-state index < -0.39 is 5.97 Å². The molecule has 0 atom stereocenters. The van der Waals surface area contributed by atoms with E-state index >= 15 is 0 Å². The van der Waals surface area contributed by atoms with Crippen molar-refractivity contribution in [2.75, 3.05) is 0 Å². The number of hydrogen-bond acceptors (Lipinski definition) is 4. The first kappa shape index (κ1) is 10.4. The van der Waals surface area contributed by atoms with E-state index in [1.807, 2.05) is 12.1 Å². The standard InChI is InChI=1S/C9H6BrNO3S/c1-4-7(9(12)13)14-8(11-4)5-2-3-6(10)15-5/h2-3H,1H3,(H,12,13). The van der Waals surface area contributed by atoms with Gasteiger partial charge in [-0.25, -0.2) is 9.78 Å². The van der Waals surface area contributed by atoms with Gasteiger partial charge in [-0.1, -0.05) is 0 Å². The molecule has 0 aromatic carbocycles. The van der Waals surface area contributed by atoms with Crippen LogP contribution in [0.15, 0.2) is 20.3 Å². The van der Waals surface area contributed by atoms with Gasteiger partial charge in [0.2, 0.25) is 11.7 Å². The van der Waals surface area contributed by atoms with Crippen molar-refractivity contribution in [2.24, 2.45) is 0 Å². The summed E-state index contributed by atoms with van der Waals surface area (Å²) in [5, 5.41) is 8.79. The van der Waals surface area contributed by atoms with Gasteiger partial charge in [-0.15, -0.1) is 11.3 Å². The van der Waals surface area contributed by atoms with Crippen LogP contribution in [0.4, 0.5) is 0 Å². The van der Waals surface area contributed by atoms with Gasteiger partial charge in [0, 0.05) is 0 Å². The molecule has 2 rings (SSSR count). The molecule has 6 heteroatoms. The van der Waals surface area contributed by atoms with E-state index in [1.165, 1.54) is 11.3 Å². The highest BCUT2D eigenvalue weighted by Gasteiger charge is 2.17. The molecule has 0 fully saturated rings. The Morgan fingerprint density at radius 1 is 1.60 bits per heavy atom. The smallest absolute Gasteiger partial charge is 0.373 e. The first-order chi connectivity index (χ1) is 7.08. The van der Waals surface area contributed by atoms with Crippen molar-refractivity contribution < 1.29 is 14.3 Å². The summed E-state index contributed by atoms with van der Waals surface area (Å²) in [4.78, 5) is 15.6. The molecule has 78 valence electrons. The zero-order valence-electron chi connectivity index (χ0n) is 7.65. The van der Waals surface area contributed by atoms with Gasteiger partial charge in [0.25, 0.3) is 0 Å². The summed E-state index contributed by atoms with van der Waals surface area (Å²) in [6.07, 6.45) is 0. The van der Waals surface area contributed by atoms with E-state index in [9.17, 15) is 4.79 Å². The predicted octanol–water partition coefficient (Wildman–Crippen LogP) is 3.17. The summed E-state index contributed by atoms with van der Waals surface area (Å²) >= 11 is 4.76. The Bertz CT molecular complexity index is 517. The van der Waals surface area contributed by atoms with E-state index in [2.05, 4.69) is 20.9 Å². The number of rotatable bonds is 2. The van der Waals surface area contributed by atoms with Gasteiger partial charge >= 0.3 is 5.97 Å². The third-order valence-corrected chi connectivity index (χ3v) is 3.39. The van der Waals surface area contributed by atoms with Crippen molar-refractivity contribution in [3.8, 4) is 10.8 Å². The maximum Gasteiger partial charge on any atom is 0.373 e. The van der Waals surface area contributed by atoms with Gasteiger partial charge in [-0.3, -0.25) is 0 Å². The normalized spacial score (nSPS) is 10.5. The van der Waals surface area contributed by atoms with Gasteiger partial charge in [-0.05, 0) is 35.0 Å². The fraction of sp³-hybridized carbons (Fsp3) is 0.111. The van der Waals surface area contributed by atoms with Crippen LogP contribution in [0.5, 0.6) is 0 Å². The zero-order chi connectivity index (χ0) is 11.0. The number of aromatic carboxylic acids is 1. The van der Waals surface area contributed by atoms with E-state index in [0.29, 0.717) is 11.6 Å². The molecular formula is C9H6BrNO3S. The van der Waals surface area contributed by atoms with Crippen molar-refractivity contribution >= 4 is 33.2 Å². The highest BCUT2D eigenvalue weighted by Crippen LogP contribution is 2.31. The Balaban J connectivity index is 2.46. The second-order valence-corrected chi connectivity index (χ2v) is 5.31. The van der Waals surface area contributed by atoms with E-state index in [0.717, 1.165) is 8.66 Å². The fourth-order valence-electron chi connectivity index (χ4n) is 1.13. The highest BCUT2D eigenvalue weighted by atomic mass is 79.9. The summed E-state index contributed by atoms with van der Waals surface area (Å²) in [6, 6.07) is 3.69. The fourth-order valence-corrected chi connectivity index (χ4v) is 2.44.